The van der Waals surface area contributed by atoms with Crippen molar-refractivity contribution in [2.45, 2.75) is 188 Å². The SMILES string of the molecule is COC(=O)CCCCCCCCOC1OC(CO)C(OC2CC(CO)C(O)C(OC3(C(=O)O)CC(O)C(C)C([C@H](O)[C@H](O)CO)O3)C2O)C(OC2OC(C)C(O)C(O)C2O)C1NC(=O)c1ccc(O)cc1O. The highest BCUT2D eigenvalue weighted by Gasteiger charge is 2.60. The average Bonchev–Trinajstić information content (AvgIpc) is 3.35. The molecule has 19 unspecified atom stereocenters. The van der Waals surface area contributed by atoms with Crippen molar-refractivity contribution in [3.05, 3.63) is 23.8 Å². The minimum Gasteiger partial charge on any atom is -0.508 e. The summed E-state index contributed by atoms with van der Waals surface area (Å²) in [6.07, 6.45) is -27.0. The fraction of sp³-hybridized carbons (Fsp3) is 0.804. The van der Waals surface area contributed by atoms with Crippen LogP contribution in [0.2, 0.25) is 0 Å². The zero-order valence-electron chi connectivity index (χ0n) is 40.2. The van der Waals surface area contributed by atoms with Gasteiger partial charge in [-0.05, 0) is 38.3 Å². The van der Waals surface area contributed by atoms with Crippen LogP contribution in [0.25, 0.3) is 0 Å². The Kier molecular flexibility index (Phi) is 22.1. The van der Waals surface area contributed by atoms with E-state index in [0.717, 1.165) is 37.5 Å². The molecule has 15 N–H and O–H groups in total. The summed E-state index contributed by atoms with van der Waals surface area (Å²) in [5.74, 6) is -9.60. The summed E-state index contributed by atoms with van der Waals surface area (Å²) in [7, 11) is 1.31. The number of carbonyl (C=O) groups excluding carboxylic acids is 2. The van der Waals surface area contributed by atoms with Crippen LogP contribution in [0.1, 0.15) is 82.0 Å². The molecule has 0 radical (unpaired) electrons. The Balaban J connectivity index is 1.50. The van der Waals surface area contributed by atoms with Crippen molar-refractivity contribution >= 4 is 17.8 Å². The molecule has 4 aliphatic rings. The number of ether oxygens (including phenoxy) is 8. The molecule has 3 saturated heterocycles. The van der Waals surface area contributed by atoms with Gasteiger partial charge in [0.05, 0.1) is 56.4 Å². The quantitative estimate of drug-likeness (QED) is 0.0349. The molecule has 1 aromatic rings. The van der Waals surface area contributed by atoms with Gasteiger partial charge in [-0.1, -0.05) is 32.6 Å². The van der Waals surface area contributed by atoms with Gasteiger partial charge in [-0.3, -0.25) is 9.59 Å². The lowest BCUT2D eigenvalue weighted by atomic mass is 9.80. The number of methoxy groups -OCH3 is 1. The van der Waals surface area contributed by atoms with E-state index >= 15 is 0 Å². The summed E-state index contributed by atoms with van der Waals surface area (Å²) in [4.78, 5) is 38.6. The second kappa shape index (κ2) is 26.8. The highest BCUT2D eigenvalue weighted by atomic mass is 16.7. The molecule has 3 aliphatic heterocycles. The van der Waals surface area contributed by atoms with Crippen molar-refractivity contribution in [1.82, 2.24) is 5.32 Å². The Morgan fingerprint density at radius 2 is 1.49 bits per heavy atom. The van der Waals surface area contributed by atoms with E-state index in [1.54, 1.807) is 0 Å². The molecule has 26 nitrogen and oxygen atoms in total. The molecular formula is C46H73NO25. The van der Waals surface area contributed by atoms with Gasteiger partial charge in [0.15, 0.2) is 12.6 Å². The lowest BCUT2D eigenvalue weighted by molar-refractivity contribution is -0.362. The van der Waals surface area contributed by atoms with Crippen molar-refractivity contribution in [3.63, 3.8) is 0 Å². The molecule has 26 heteroatoms. The van der Waals surface area contributed by atoms with Crippen molar-refractivity contribution in [2.75, 3.05) is 33.5 Å². The maximum absolute atomic E-state index is 14.1. The van der Waals surface area contributed by atoms with Crippen LogP contribution in [0.3, 0.4) is 0 Å². The summed E-state index contributed by atoms with van der Waals surface area (Å²) in [6.45, 7) is -0.0334. The number of benzene rings is 1. The van der Waals surface area contributed by atoms with Gasteiger partial charge in [0, 0.05) is 44.0 Å². The fourth-order valence-corrected chi connectivity index (χ4v) is 9.44. The highest BCUT2D eigenvalue weighted by Crippen LogP contribution is 2.42. The molecule has 0 spiro atoms. The van der Waals surface area contributed by atoms with E-state index < -0.39 is 178 Å². The van der Waals surface area contributed by atoms with Crippen LogP contribution in [0, 0.1) is 11.8 Å². The molecule has 1 aliphatic carbocycles. The third kappa shape index (κ3) is 14.1. The number of hydrogen-bond acceptors (Lipinski definition) is 24. The van der Waals surface area contributed by atoms with Gasteiger partial charge < -0.3 is 115 Å². The lowest BCUT2D eigenvalue weighted by Gasteiger charge is -2.52. The number of phenols is 2. The number of hydrogen-bond donors (Lipinski definition) is 15. The Morgan fingerprint density at radius 1 is 0.806 bits per heavy atom. The van der Waals surface area contributed by atoms with Crippen LogP contribution in [0.15, 0.2) is 18.2 Å². The maximum Gasteiger partial charge on any atom is 0.364 e. The van der Waals surface area contributed by atoms with Gasteiger partial charge in [0.25, 0.3) is 11.7 Å². The Bertz CT molecular complexity index is 1880. The van der Waals surface area contributed by atoms with Crippen LogP contribution >= 0.6 is 0 Å². The number of rotatable bonds is 24. The summed E-state index contributed by atoms with van der Waals surface area (Å²) in [6, 6.07) is 1.49. The summed E-state index contributed by atoms with van der Waals surface area (Å²) in [5, 5.41) is 153. The van der Waals surface area contributed by atoms with E-state index in [-0.39, 0.29) is 30.3 Å². The number of aliphatic hydroxyl groups is 11. The average molecular weight is 1040 g/mol. The molecular weight excluding hydrogens is 966 g/mol. The zero-order chi connectivity index (χ0) is 53.2. The second-order valence-electron chi connectivity index (χ2n) is 18.9. The molecule has 3 heterocycles. The van der Waals surface area contributed by atoms with Gasteiger partial charge in [-0.25, -0.2) is 4.79 Å². The van der Waals surface area contributed by atoms with Gasteiger partial charge >= 0.3 is 11.9 Å². The molecule has 1 amide bonds. The first-order valence-electron chi connectivity index (χ1n) is 24.1. The third-order valence-corrected chi connectivity index (χ3v) is 13.9. The minimum atomic E-state index is -2.96. The monoisotopic (exact) mass is 1040 g/mol. The predicted molar refractivity (Wildman–Crippen MR) is 239 cm³/mol. The number of esters is 1. The Labute approximate surface area is 414 Å². The molecule has 4 fully saturated rings. The number of aromatic hydroxyl groups is 2. The van der Waals surface area contributed by atoms with E-state index in [1.807, 2.05) is 0 Å². The number of aliphatic hydroxyl groups excluding tert-OH is 11. The molecule has 1 aromatic carbocycles. The Hall–Kier alpha value is -3.49. The summed E-state index contributed by atoms with van der Waals surface area (Å²) >= 11 is 0. The zero-order valence-corrected chi connectivity index (χ0v) is 40.2. The maximum atomic E-state index is 14.1. The van der Waals surface area contributed by atoms with Gasteiger partial charge in [-0.2, -0.15) is 0 Å². The van der Waals surface area contributed by atoms with Crippen molar-refractivity contribution in [3.8, 4) is 11.5 Å². The largest absolute Gasteiger partial charge is 0.508 e. The molecule has 0 bridgehead atoms. The third-order valence-electron chi connectivity index (χ3n) is 13.9. The standard InChI is InChI=1S/C46H73NO25/c1-20-26(53)16-46(45(63)64,71-38(20)34(58)27(54)18-49)72-41-33(57)22(17-48)14-28(35(41)59)68-39-29(19-50)69-43(66-13-9-7-5-4-6-8-10-30(55)65-3)31(47-42(62)24-12-11-23(51)15-25(24)52)40(39)70-44-37(61)36(60)32(56)21(2)67-44/h11-12,15,20-22,26-29,31-41,43-44,48-54,56-61H,4-10,13-14,16-19H2,1-3H3,(H,47,62)(H,63,64)/t20?,21?,22?,26?,27-,28?,29?,31?,32?,33?,34-,35?,36?,37?,38?,39?,40?,41?,43?,44?,46?/m1/s1. The molecule has 0 aromatic heterocycles. The van der Waals surface area contributed by atoms with E-state index in [4.69, 9.17) is 33.2 Å². The first-order chi connectivity index (χ1) is 34.1. The van der Waals surface area contributed by atoms with Crippen molar-refractivity contribution < 1.29 is 124 Å². The Morgan fingerprint density at radius 3 is 2.11 bits per heavy atom. The van der Waals surface area contributed by atoms with Crippen molar-refractivity contribution in [2.24, 2.45) is 11.8 Å². The first-order valence-corrected chi connectivity index (χ1v) is 24.1. The number of aliphatic carboxylic acids is 1. The summed E-state index contributed by atoms with van der Waals surface area (Å²) in [5.41, 5.74) is -0.375. The molecule has 72 heavy (non-hydrogen) atoms. The smallest absolute Gasteiger partial charge is 0.364 e. The topological polar surface area (TPSA) is 420 Å². The highest BCUT2D eigenvalue weighted by molar-refractivity contribution is 5.97. The number of carboxylic acid groups (broad SMARTS) is 1. The van der Waals surface area contributed by atoms with E-state index in [1.165, 1.54) is 21.0 Å². The van der Waals surface area contributed by atoms with Gasteiger partial charge in [0.1, 0.15) is 78.6 Å². The predicted octanol–water partition coefficient (Wildman–Crippen LogP) is -3.80. The van der Waals surface area contributed by atoms with Crippen LogP contribution in [-0.2, 0) is 47.5 Å². The normalized spacial score (nSPS) is 38.1. The van der Waals surface area contributed by atoms with Crippen LogP contribution < -0.4 is 5.32 Å². The number of carboxylic acids is 1. The molecule has 21 atom stereocenters. The van der Waals surface area contributed by atoms with E-state index in [0.29, 0.717) is 19.3 Å². The van der Waals surface area contributed by atoms with Crippen LogP contribution in [-0.4, -0.2) is 239 Å². The number of carbonyl (C=O) groups is 3. The van der Waals surface area contributed by atoms with Gasteiger partial charge in [-0.15, -0.1) is 0 Å². The van der Waals surface area contributed by atoms with Crippen LogP contribution in [0.5, 0.6) is 11.5 Å². The van der Waals surface area contributed by atoms with E-state index in [2.05, 4.69) is 10.1 Å². The first kappa shape index (κ1) is 59.4. The van der Waals surface area contributed by atoms with Gasteiger partial charge in [0.2, 0.25) is 0 Å². The van der Waals surface area contributed by atoms with E-state index in [9.17, 15) is 85.9 Å². The second-order valence-corrected chi connectivity index (χ2v) is 18.9. The number of nitrogens with one attached hydrogen (secondary N) is 1. The summed E-state index contributed by atoms with van der Waals surface area (Å²) < 4.78 is 47.4. The lowest BCUT2D eigenvalue weighted by Crippen LogP contribution is -2.70. The fourth-order valence-electron chi connectivity index (χ4n) is 9.44. The number of amides is 1. The number of phenolic OH excluding ortho intramolecular Hbond substituents is 2. The number of unbranched alkanes of at least 4 members (excludes halogenated alkanes) is 5. The molecule has 412 valence electrons. The minimum absolute atomic E-state index is 0.0291. The molecule has 5 rings (SSSR count). The van der Waals surface area contributed by atoms with Crippen molar-refractivity contribution in [1.29, 1.82) is 0 Å². The molecule has 1 saturated carbocycles. The van der Waals surface area contributed by atoms with Crippen LogP contribution in [0.4, 0.5) is 0 Å².